The smallest absolute Gasteiger partial charge is 0.230 e. The maximum atomic E-state index is 11.6. The van der Waals surface area contributed by atoms with Crippen LogP contribution in [0.15, 0.2) is 35.2 Å². The second-order valence-corrected chi connectivity index (χ2v) is 5.82. The van der Waals surface area contributed by atoms with Gasteiger partial charge in [0, 0.05) is 24.7 Å². The van der Waals surface area contributed by atoms with Gasteiger partial charge in [-0.05, 0) is 24.5 Å². The highest BCUT2D eigenvalue weighted by Gasteiger charge is 2.01. The normalized spacial score (nSPS) is 10.7. The molecule has 3 nitrogen and oxygen atoms in total. The van der Waals surface area contributed by atoms with Crippen molar-refractivity contribution in [3.8, 4) is 0 Å². The Kier molecular flexibility index (Phi) is 8.34. The lowest BCUT2D eigenvalue weighted by atomic mass is 10.2. The first-order valence-corrected chi connectivity index (χ1v) is 7.69. The lowest BCUT2D eigenvalue weighted by molar-refractivity contribution is -0.118. The zero-order chi connectivity index (χ0) is 13.9. The summed E-state index contributed by atoms with van der Waals surface area (Å²) < 4.78 is 5.45. The van der Waals surface area contributed by atoms with Crippen LogP contribution in [-0.2, 0) is 9.53 Å². The average Bonchev–Trinajstić information content (AvgIpc) is 2.41. The van der Waals surface area contributed by atoms with Crippen molar-refractivity contribution in [2.45, 2.75) is 25.2 Å². The van der Waals surface area contributed by atoms with E-state index in [1.165, 1.54) is 0 Å². The molecule has 1 N–H and O–H groups in total. The fourth-order valence-corrected chi connectivity index (χ4v) is 2.19. The number of ether oxygens (including phenoxy) is 1. The summed E-state index contributed by atoms with van der Waals surface area (Å²) in [6.45, 7) is 6.44. The Morgan fingerprint density at radius 2 is 2.05 bits per heavy atom. The molecule has 0 atom stereocenters. The van der Waals surface area contributed by atoms with E-state index in [1.54, 1.807) is 11.8 Å². The Morgan fingerprint density at radius 1 is 1.32 bits per heavy atom. The zero-order valence-corrected chi connectivity index (χ0v) is 12.5. The number of thioether (sulfide) groups is 1. The van der Waals surface area contributed by atoms with Crippen LogP contribution in [0.4, 0.5) is 0 Å². The maximum absolute atomic E-state index is 11.6. The predicted molar refractivity (Wildman–Crippen MR) is 80.4 cm³/mol. The Morgan fingerprint density at radius 3 is 2.74 bits per heavy atom. The number of amides is 1. The molecule has 4 heteroatoms. The highest BCUT2D eigenvalue weighted by molar-refractivity contribution is 8.00. The van der Waals surface area contributed by atoms with Crippen molar-refractivity contribution in [1.29, 1.82) is 0 Å². The van der Waals surface area contributed by atoms with Crippen LogP contribution in [-0.4, -0.2) is 31.4 Å². The molecule has 0 aliphatic carbocycles. The number of hydrogen-bond acceptors (Lipinski definition) is 3. The van der Waals surface area contributed by atoms with Crippen molar-refractivity contribution < 1.29 is 9.53 Å². The quantitative estimate of drug-likeness (QED) is 0.558. The molecule has 0 bridgehead atoms. The van der Waals surface area contributed by atoms with Crippen LogP contribution in [0.2, 0.25) is 0 Å². The maximum Gasteiger partial charge on any atom is 0.230 e. The van der Waals surface area contributed by atoms with E-state index in [-0.39, 0.29) is 5.91 Å². The van der Waals surface area contributed by atoms with Crippen LogP contribution < -0.4 is 5.32 Å². The summed E-state index contributed by atoms with van der Waals surface area (Å²) in [5.41, 5.74) is 0. The summed E-state index contributed by atoms with van der Waals surface area (Å²) in [5, 5.41) is 2.90. The van der Waals surface area contributed by atoms with Gasteiger partial charge in [-0.2, -0.15) is 0 Å². The third-order valence-corrected chi connectivity index (χ3v) is 3.36. The van der Waals surface area contributed by atoms with Crippen LogP contribution in [0, 0.1) is 5.92 Å². The van der Waals surface area contributed by atoms with Crippen molar-refractivity contribution in [3.63, 3.8) is 0 Å². The van der Waals surface area contributed by atoms with Crippen LogP contribution in [0.25, 0.3) is 0 Å². The van der Waals surface area contributed by atoms with Crippen LogP contribution in [0.1, 0.15) is 20.3 Å². The van der Waals surface area contributed by atoms with Gasteiger partial charge < -0.3 is 10.1 Å². The van der Waals surface area contributed by atoms with Gasteiger partial charge in [0.05, 0.1) is 5.75 Å². The van der Waals surface area contributed by atoms with Gasteiger partial charge >= 0.3 is 0 Å². The fourth-order valence-electron chi connectivity index (χ4n) is 1.44. The Hall–Kier alpha value is -1.00. The monoisotopic (exact) mass is 281 g/mol. The van der Waals surface area contributed by atoms with Crippen LogP contribution in [0.5, 0.6) is 0 Å². The number of rotatable bonds is 9. The predicted octanol–water partition coefficient (Wildman–Crippen LogP) is 2.96. The molecule has 1 aromatic rings. The van der Waals surface area contributed by atoms with Crippen molar-refractivity contribution in [1.82, 2.24) is 5.32 Å². The summed E-state index contributed by atoms with van der Waals surface area (Å²) in [5.74, 6) is 1.12. The molecule has 0 aliphatic rings. The first kappa shape index (κ1) is 16.1. The van der Waals surface area contributed by atoms with Gasteiger partial charge in [-0.1, -0.05) is 32.0 Å². The van der Waals surface area contributed by atoms with Gasteiger partial charge in [-0.25, -0.2) is 0 Å². The van der Waals surface area contributed by atoms with E-state index >= 15 is 0 Å². The Balaban J connectivity index is 1.99. The van der Waals surface area contributed by atoms with Crippen molar-refractivity contribution in [2.24, 2.45) is 5.92 Å². The Bertz CT molecular complexity index is 354. The number of benzene rings is 1. The lowest BCUT2D eigenvalue weighted by Crippen LogP contribution is -2.27. The average molecular weight is 281 g/mol. The molecular formula is C15H23NO2S. The molecule has 0 fully saturated rings. The molecule has 0 radical (unpaired) electrons. The zero-order valence-electron chi connectivity index (χ0n) is 11.7. The van der Waals surface area contributed by atoms with Crippen LogP contribution >= 0.6 is 11.8 Å². The summed E-state index contributed by atoms with van der Waals surface area (Å²) in [4.78, 5) is 12.7. The molecule has 0 aromatic heterocycles. The molecule has 0 saturated carbocycles. The number of carbonyl (C=O) groups excluding carboxylic acids is 1. The van der Waals surface area contributed by atoms with Gasteiger partial charge in [0.2, 0.25) is 5.91 Å². The molecule has 1 amide bonds. The minimum Gasteiger partial charge on any atom is -0.381 e. The van der Waals surface area contributed by atoms with E-state index in [4.69, 9.17) is 4.74 Å². The third kappa shape index (κ3) is 8.67. The highest BCUT2D eigenvalue weighted by Crippen LogP contribution is 2.15. The topological polar surface area (TPSA) is 38.3 Å². The number of carbonyl (C=O) groups is 1. The minimum absolute atomic E-state index is 0.0812. The lowest BCUT2D eigenvalue weighted by Gasteiger charge is -2.07. The third-order valence-electron chi connectivity index (χ3n) is 2.35. The standard InChI is InChI=1S/C15H23NO2S/c1-13(2)11-18-10-6-9-16-15(17)12-19-14-7-4-3-5-8-14/h3-5,7-8,13H,6,9-12H2,1-2H3,(H,16,17). The van der Waals surface area contributed by atoms with Crippen molar-refractivity contribution in [2.75, 3.05) is 25.5 Å². The van der Waals surface area contributed by atoms with E-state index < -0.39 is 0 Å². The highest BCUT2D eigenvalue weighted by atomic mass is 32.2. The first-order valence-electron chi connectivity index (χ1n) is 6.71. The molecule has 0 spiro atoms. The molecular weight excluding hydrogens is 258 g/mol. The van der Waals surface area contributed by atoms with Crippen molar-refractivity contribution >= 4 is 17.7 Å². The molecule has 106 valence electrons. The summed E-state index contributed by atoms with van der Waals surface area (Å²) in [7, 11) is 0. The number of hydrogen-bond donors (Lipinski definition) is 1. The van der Waals surface area contributed by atoms with Gasteiger partial charge in [-0.3, -0.25) is 4.79 Å². The van der Waals surface area contributed by atoms with Gasteiger partial charge in [0.1, 0.15) is 0 Å². The molecule has 0 heterocycles. The number of nitrogens with one attached hydrogen (secondary N) is 1. The molecule has 1 aromatic carbocycles. The second-order valence-electron chi connectivity index (χ2n) is 4.77. The minimum atomic E-state index is 0.0812. The summed E-state index contributed by atoms with van der Waals surface area (Å²) in [6.07, 6.45) is 0.870. The molecule has 0 saturated heterocycles. The van der Waals surface area contributed by atoms with Crippen LogP contribution in [0.3, 0.4) is 0 Å². The second kappa shape index (κ2) is 9.87. The van der Waals surface area contributed by atoms with E-state index in [9.17, 15) is 4.79 Å². The molecule has 0 aliphatic heterocycles. The van der Waals surface area contributed by atoms with Gasteiger partial charge in [0.25, 0.3) is 0 Å². The molecule has 19 heavy (non-hydrogen) atoms. The van der Waals surface area contributed by atoms with Gasteiger partial charge in [-0.15, -0.1) is 11.8 Å². The van der Waals surface area contributed by atoms with E-state index in [1.807, 2.05) is 30.3 Å². The van der Waals surface area contributed by atoms with E-state index in [2.05, 4.69) is 19.2 Å². The largest absolute Gasteiger partial charge is 0.381 e. The molecule has 0 unspecified atom stereocenters. The van der Waals surface area contributed by atoms with Gasteiger partial charge in [0.15, 0.2) is 0 Å². The van der Waals surface area contributed by atoms with Crippen molar-refractivity contribution in [3.05, 3.63) is 30.3 Å². The summed E-state index contributed by atoms with van der Waals surface area (Å²) >= 11 is 1.56. The first-order chi connectivity index (χ1) is 9.18. The fraction of sp³-hybridized carbons (Fsp3) is 0.533. The van der Waals surface area contributed by atoms with E-state index in [0.29, 0.717) is 24.8 Å². The SMILES string of the molecule is CC(C)COCCCNC(=O)CSc1ccccc1. The Labute approximate surface area is 120 Å². The molecule has 1 rings (SSSR count). The summed E-state index contributed by atoms with van der Waals surface area (Å²) in [6, 6.07) is 9.95. The van der Waals surface area contributed by atoms with E-state index in [0.717, 1.165) is 17.9 Å².